The molecular weight excluding hydrogens is 591 g/mol. The van der Waals surface area contributed by atoms with Crippen molar-refractivity contribution in [2.75, 3.05) is 0 Å². The third kappa shape index (κ3) is 18.1. The fourth-order valence-corrected chi connectivity index (χ4v) is 4.09. The van der Waals surface area contributed by atoms with Crippen molar-refractivity contribution < 1.29 is 0 Å². The first-order chi connectivity index (χ1) is 20.4. The zero-order valence-corrected chi connectivity index (χ0v) is 31.0. The lowest BCUT2D eigenvalue weighted by Gasteiger charge is -2.07. The molecule has 280 valence electrons. The van der Waals surface area contributed by atoms with Crippen LogP contribution in [0.1, 0.15) is 200 Å². The minimum absolute atomic E-state index is 0. The first-order valence-corrected chi connectivity index (χ1v) is 16.9. The van der Waals surface area contributed by atoms with Gasteiger partial charge in [-0.1, -0.05) is 140 Å². The van der Waals surface area contributed by atoms with Crippen LogP contribution in [0.4, 0.5) is 0 Å². The summed E-state index contributed by atoms with van der Waals surface area (Å²) < 4.78 is 0. The van der Waals surface area contributed by atoms with Crippen LogP contribution in [0.2, 0.25) is 0 Å². The lowest BCUT2D eigenvalue weighted by Crippen LogP contribution is -2.06. The Kier molecular flexibility index (Phi) is 27.3. The van der Waals surface area contributed by atoms with Crippen molar-refractivity contribution >= 4 is 11.4 Å². The van der Waals surface area contributed by atoms with Crippen LogP contribution in [-0.2, 0) is 0 Å². The fourth-order valence-electron chi connectivity index (χ4n) is 4.09. The molecule has 2 aliphatic heterocycles. The second-order valence-corrected chi connectivity index (χ2v) is 14.6. The van der Waals surface area contributed by atoms with E-state index in [9.17, 15) is 0 Å². The quantitative estimate of drug-likeness (QED) is 0.292. The number of hydrogen-bond acceptors (Lipinski definition) is 5. The Labute approximate surface area is 299 Å². The molecule has 7 nitrogen and oxygen atoms in total. The largest absolute Gasteiger partial charge is 0.282 e. The molecule has 7 heteroatoms. The number of hydrogen-bond donors (Lipinski definition) is 2. The lowest BCUT2D eigenvalue weighted by molar-refractivity contribution is 0.749. The van der Waals surface area contributed by atoms with Gasteiger partial charge in [-0.3, -0.25) is 20.2 Å². The summed E-state index contributed by atoms with van der Waals surface area (Å²) in [6.45, 7) is 34.7. The minimum atomic E-state index is 0. The third-order valence-electron chi connectivity index (χ3n) is 7.79. The van der Waals surface area contributed by atoms with Crippen molar-refractivity contribution in [3.05, 3.63) is 52.6 Å². The zero-order valence-electron chi connectivity index (χ0n) is 31.0. The summed E-state index contributed by atoms with van der Waals surface area (Å²) in [6.07, 6.45) is 6.30. The zero-order chi connectivity index (χ0) is 33.7. The molecule has 0 bridgehead atoms. The van der Waals surface area contributed by atoms with E-state index in [0.717, 1.165) is 30.2 Å². The molecule has 0 radical (unpaired) electrons. The van der Waals surface area contributed by atoms with E-state index in [4.69, 9.17) is 0 Å². The molecule has 2 aliphatic rings. The number of rotatable bonds is 8. The van der Waals surface area contributed by atoms with Crippen LogP contribution in [0.3, 0.4) is 0 Å². The van der Waals surface area contributed by atoms with E-state index < -0.39 is 0 Å². The summed E-state index contributed by atoms with van der Waals surface area (Å²) in [5, 5.41) is 14.3. The number of nitrogens with zero attached hydrogens (tertiary/aromatic N) is 5. The van der Waals surface area contributed by atoms with Gasteiger partial charge in [-0.05, 0) is 52.7 Å². The molecule has 0 saturated heterocycles. The summed E-state index contributed by atoms with van der Waals surface area (Å²) in [6, 6.07) is 2.15. The molecule has 0 unspecified atom stereocenters. The normalized spacial score (nSPS) is 13.3. The fraction of sp³-hybridized carbons (Fsp3) is 0.732. The van der Waals surface area contributed by atoms with Crippen molar-refractivity contribution in [1.29, 1.82) is 0 Å². The Morgan fingerprint density at radius 2 is 0.917 bits per heavy atom. The van der Waals surface area contributed by atoms with Gasteiger partial charge >= 0.3 is 0 Å². The molecular formula is C41H81N7. The molecule has 2 aromatic rings. The number of H-pyrrole nitrogens is 2. The van der Waals surface area contributed by atoms with Gasteiger partial charge in [0.05, 0.1) is 5.69 Å². The Balaban J connectivity index is -0.000000262. The summed E-state index contributed by atoms with van der Waals surface area (Å²) >= 11 is 0. The van der Waals surface area contributed by atoms with Crippen molar-refractivity contribution in [2.24, 2.45) is 33.7 Å². The van der Waals surface area contributed by atoms with Crippen LogP contribution < -0.4 is 0 Å². The molecule has 0 amide bonds. The molecule has 0 aliphatic carbocycles. The molecule has 0 spiro atoms. The van der Waals surface area contributed by atoms with Crippen LogP contribution >= 0.6 is 0 Å². The SMILES string of the molecule is C.C.C.C.CC(C)C1=CN=C(C(C)C)C1.CC(C)C1=CN=C(C(C)C)C1.CC(C)c1cc(C(C)C)[nH]n1.CC(C)c1n[nH]c(C(C)C)n1. The third-order valence-corrected chi connectivity index (χ3v) is 7.79. The van der Waals surface area contributed by atoms with Crippen molar-refractivity contribution in [2.45, 2.75) is 177 Å². The Bertz CT molecular complexity index is 1040. The van der Waals surface area contributed by atoms with Gasteiger partial charge in [0.2, 0.25) is 0 Å². The van der Waals surface area contributed by atoms with E-state index in [0.29, 0.717) is 47.3 Å². The molecule has 0 saturated carbocycles. The van der Waals surface area contributed by atoms with Gasteiger partial charge in [-0.25, -0.2) is 4.98 Å². The van der Waals surface area contributed by atoms with Gasteiger partial charge in [0.1, 0.15) is 5.82 Å². The van der Waals surface area contributed by atoms with E-state index in [1.165, 1.54) is 28.3 Å². The highest BCUT2D eigenvalue weighted by Crippen LogP contribution is 2.24. The van der Waals surface area contributed by atoms with Crippen molar-refractivity contribution in [3.63, 3.8) is 0 Å². The van der Waals surface area contributed by atoms with E-state index in [1.807, 2.05) is 12.4 Å². The molecule has 4 rings (SSSR count). The van der Waals surface area contributed by atoms with E-state index in [1.54, 1.807) is 0 Å². The maximum absolute atomic E-state index is 4.39. The van der Waals surface area contributed by atoms with Crippen LogP contribution in [0, 0.1) is 23.7 Å². The summed E-state index contributed by atoms with van der Waals surface area (Å²) in [7, 11) is 0. The van der Waals surface area contributed by atoms with Crippen LogP contribution in [0.15, 0.2) is 39.6 Å². The molecule has 2 N–H and O–H groups in total. The molecule has 48 heavy (non-hydrogen) atoms. The average Bonchev–Trinajstić information content (AvgIpc) is 3.76. The van der Waals surface area contributed by atoms with Gasteiger partial charge in [-0.15, -0.1) is 0 Å². The standard InChI is InChI=1S/2C10H17N.C9H16N2.C8H15N3.4CH4/c2*1-7(2)9-5-10(8(3)4)11-6-9;1-6(2)8-5-9(7(3)4)11-10-8;1-5(2)7-9-8(6(3)4)11-10-7;;;;/h2*6-8H,5H2,1-4H3;5-7H,1-4H3,(H,10,11);5-6H,1-4H3,(H,9,10,11);4*1H4. The number of allylic oxidation sites excluding steroid dienone is 2. The van der Waals surface area contributed by atoms with Crippen LogP contribution in [0.25, 0.3) is 0 Å². The number of aliphatic imine (C=N–C) groups is 2. The maximum atomic E-state index is 4.39. The summed E-state index contributed by atoms with van der Waals surface area (Å²) in [4.78, 5) is 13.1. The van der Waals surface area contributed by atoms with Crippen molar-refractivity contribution in [1.82, 2.24) is 25.4 Å². The van der Waals surface area contributed by atoms with Gasteiger partial charge < -0.3 is 0 Å². The lowest BCUT2D eigenvalue weighted by atomic mass is 9.96. The molecule has 0 aromatic carbocycles. The molecule has 0 fully saturated rings. The Morgan fingerprint density at radius 3 is 1.10 bits per heavy atom. The van der Waals surface area contributed by atoms with Crippen molar-refractivity contribution in [3.8, 4) is 0 Å². The first-order valence-electron chi connectivity index (χ1n) is 16.9. The number of aromatic nitrogens is 5. The van der Waals surface area contributed by atoms with Gasteiger partial charge in [-0.2, -0.15) is 10.2 Å². The minimum Gasteiger partial charge on any atom is -0.282 e. The van der Waals surface area contributed by atoms with Gasteiger partial charge in [0.15, 0.2) is 5.82 Å². The summed E-state index contributed by atoms with van der Waals surface area (Å²) in [5.41, 5.74) is 8.03. The Hall–Kier alpha value is -2.83. The van der Waals surface area contributed by atoms with E-state index in [2.05, 4.69) is 152 Å². The molecule has 4 heterocycles. The average molecular weight is 672 g/mol. The highest BCUT2D eigenvalue weighted by atomic mass is 15.2. The Morgan fingerprint density at radius 1 is 0.479 bits per heavy atom. The van der Waals surface area contributed by atoms with Crippen LogP contribution in [0.5, 0.6) is 0 Å². The number of nitrogens with one attached hydrogen (secondary N) is 2. The highest BCUT2D eigenvalue weighted by Gasteiger charge is 2.16. The van der Waals surface area contributed by atoms with E-state index in [-0.39, 0.29) is 29.7 Å². The van der Waals surface area contributed by atoms with Gasteiger partial charge in [0.25, 0.3) is 0 Å². The first kappa shape index (κ1) is 52.0. The summed E-state index contributed by atoms with van der Waals surface area (Å²) in [5.74, 6) is 6.37. The van der Waals surface area contributed by atoms with Crippen LogP contribution in [-0.4, -0.2) is 36.8 Å². The molecule has 0 atom stereocenters. The predicted molar refractivity (Wildman–Crippen MR) is 218 cm³/mol. The topological polar surface area (TPSA) is 95.0 Å². The second-order valence-electron chi connectivity index (χ2n) is 14.6. The number of aromatic amines is 2. The highest BCUT2D eigenvalue weighted by molar-refractivity contribution is 5.91. The monoisotopic (exact) mass is 672 g/mol. The maximum Gasteiger partial charge on any atom is 0.153 e. The second kappa shape index (κ2) is 25.2. The predicted octanol–water partition coefficient (Wildman–Crippen LogP) is 13.3. The van der Waals surface area contributed by atoms with Gasteiger partial charge in [0, 0.05) is 54.2 Å². The smallest absolute Gasteiger partial charge is 0.153 e. The van der Waals surface area contributed by atoms with E-state index >= 15 is 0 Å². The molecule has 2 aromatic heterocycles.